The maximum atomic E-state index is 3.68. The summed E-state index contributed by atoms with van der Waals surface area (Å²) in [4.78, 5) is 5.05. The van der Waals surface area contributed by atoms with Crippen molar-refractivity contribution in [1.82, 2.24) is 10.3 Å². The quantitative estimate of drug-likeness (QED) is 0.638. The zero-order valence-electron chi connectivity index (χ0n) is 12.1. The number of aryl methyl sites for hydroxylation is 2. The number of aromatic amines is 1. The number of hydrogen-bond donors (Lipinski definition) is 2. The lowest BCUT2D eigenvalue weighted by atomic mass is 9.96. The third-order valence-corrected chi connectivity index (χ3v) is 5.96. The minimum atomic E-state index is 0.289. The van der Waals surface area contributed by atoms with Crippen LogP contribution in [0.25, 0.3) is 10.9 Å². The molecule has 1 aliphatic rings. The van der Waals surface area contributed by atoms with Crippen molar-refractivity contribution >= 4 is 38.2 Å². The first-order valence-corrected chi connectivity index (χ1v) is 8.85. The third-order valence-electron chi connectivity index (χ3n) is 4.27. The number of benzene rings is 1. The van der Waals surface area contributed by atoms with Gasteiger partial charge < -0.3 is 10.3 Å². The van der Waals surface area contributed by atoms with E-state index in [4.69, 9.17) is 0 Å². The second-order valence-corrected chi connectivity index (χ2v) is 8.30. The lowest BCUT2D eigenvalue weighted by Gasteiger charge is -2.23. The molecule has 4 heteroatoms. The number of hydrogen-bond acceptors (Lipinski definition) is 2. The molecule has 2 aromatic heterocycles. The van der Waals surface area contributed by atoms with E-state index >= 15 is 0 Å². The summed E-state index contributed by atoms with van der Waals surface area (Å²) in [5.41, 5.74) is 6.83. The van der Waals surface area contributed by atoms with Crippen molar-refractivity contribution in [3.05, 3.63) is 55.3 Å². The van der Waals surface area contributed by atoms with Crippen LogP contribution in [-0.4, -0.2) is 11.5 Å². The standard InChI is InChI=1S/C17H17BrN2S/c1-9-7-10(2)15-11-5-6-19-17(13-3-4-14(18)21-13)16(11)20-12(15)8-9/h3-4,7-8,17,19-20H,5-6H2,1-2H3. The van der Waals surface area contributed by atoms with E-state index in [2.05, 4.69) is 64.3 Å². The predicted octanol–water partition coefficient (Wildman–Crippen LogP) is 4.84. The molecule has 0 fully saturated rings. The zero-order valence-corrected chi connectivity index (χ0v) is 14.5. The Bertz CT molecular complexity index is 831. The minimum absolute atomic E-state index is 0.289. The van der Waals surface area contributed by atoms with Gasteiger partial charge >= 0.3 is 0 Å². The van der Waals surface area contributed by atoms with Gasteiger partial charge in [-0.1, -0.05) is 6.07 Å². The van der Waals surface area contributed by atoms with Gasteiger partial charge in [0.25, 0.3) is 0 Å². The number of aromatic nitrogens is 1. The molecular formula is C17H17BrN2S. The molecule has 0 amide bonds. The van der Waals surface area contributed by atoms with Crippen molar-refractivity contribution in [3.8, 4) is 0 Å². The first-order valence-electron chi connectivity index (χ1n) is 7.24. The topological polar surface area (TPSA) is 27.8 Å². The second-order valence-electron chi connectivity index (χ2n) is 5.80. The third kappa shape index (κ3) is 2.17. The summed E-state index contributed by atoms with van der Waals surface area (Å²) in [6, 6.07) is 9.19. The van der Waals surface area contributed by atoms with Crippen LogP contribution >= 0.6 is 27.3 Å². The zero-order chi connectivity index (χ0) is 14.6. The van der Waals surface area contributed by atoms with Crippen molar-refractivity contribution in [2.45, 2.75) is 26.3 Å². The van der Waals surface area contributed by atoms with E-state index in [0.29, 0.717) is 0 Å². The highest BCUT2D eigenvalue weighted by atomic mass is 79.9. The Morgan fingerprint density at radius 2 is 2.10 bits per heavy atom. The molecule has 2 N–H and O–H groups in total. The van der Waals surface area contributed by atoms with Crippen LogP contribution in [0.3, 0.4) is 0 Å². The van der Waals surface area contributed by atoms with Crippen LogP contribution < -0.4 is 5.32 Å². The first-order chi connectivity index (χ1) is 10.1. The number of thiophene rings is 1. The number of rotatable bonds is 1. The Balaban J connectivity index is 1.94. The maximum Gasteiger partial charge on any atom is 0.0826 e. The molecule has 0 radical (unpaired) electrons. The molecule has 2 nitrogen and oxygen atoms in total. The van der Waals surface area contributed by atoms with E-state index < -0.39 is 0 Å². The van der Waals surface area contributed by atoms with Gasteiger partial charge in [-0.3, -0.25) is 0 Å². The van der Waals surface area contributed by atoms with Crippen LogP contribution in [0.2, 0.25) is 0 Å². The number of halogens is 1. The second kappa shape index (κ2) is 4.97. The Morgan fingerprint density at radius 1 is 1.24 bits per heavy atom. The summed E-state index contributed by atoms with van der Waals surface area (Å²) in [7, 11) is 0. The summed E-state index contributed by atoms with van der Waals surface area (Å²) in [5, 5.41) is 5.09. The highest BCUT2D eigenvalue weighted by molar-refractivity contribution is 9.11. The molecule has 0 saturated heterocycles. The largest absolute Gasteiger partial charge is 0.357 e. The number of fused-ring (bicyclic) bond motifs is 3. The monoisotopic (exact) mass is 360 g/mol. The smallest absolute Gasteiger partial charge is 0.0826 e. The lowest BCUT2D eigenvalue weighted by molar-refractivity contribution is 0.567. The van der Waals surface area contributed by atoms with Crippen molar-refractivity contribution in [1.29, 1.82) is 0 Å². The molecule has 1 aromatic carbocycles. The van der Waals surface area contributed by atoms with Crippen molar-refractivity contribution < 1.29 is 0 Å². The Morgan fingerprint density at radius 3 is 2.86 bits per heavy atom. The molecule has 21 heavy (non-hydrogen) atoms. The Kier molecular flexibility index (Phi) is 3.21. The van der Waals surface area contributed by atoms with E-state index in [1.54, 1.807) is 0 Å². The van der Waals surface area contributed by atoms with Crippen molar-refractivity contribution in [2.75, 3.05) is 6.54 Å². The molecule has 0 spiro atoms. The van der Waals surface area contributed by atoms with Gasteiger partial charge in [0, 0.05) is 28.0 Å². The van der Waals surface area contributed by atoms with Crippen LogP contribution in [0.15, 0.2) is 28.1 Å². The molecular weight excluding hydrogens is 344 g/mol. The van der Waals surface area contributed by atoms with Gasteiger partial charge in [-0.15, -0.1) is 11.3 Å². The summed E-state index contributed by atoms with van der Waals surface area (Å²) in [5.74, 6) is 0. The molecule has 4 rings (SSSR count). The van der Waals surface area contributed by atoms with Crippen LogP contribution in [0, 0.1) is 13.8 Å². The van der Waals surface area contributed by atoms with Crippen molar-refractivity contribution in [2.24, 2.45) is 0 Å². The summed E-state index contributed by atoms with van der Waals surface area (Å²) in [6.07, 6.45) is 1.10. The molecule has 0 saturated carbocycles. The number of H-pyrrole nitrogens is 1. The van der Waals surface area contributed by atoms with Gasteiger partial charge in [0.05, 0.1) is 9.83 Å². The fourth-order valence-corrected chi connectivity index (χ4v) is 5.01. The molecule has 3 aromatic rings. The summed E-state index contributed by atoms with van der Waals surface area (Å²) in [6.45, 7) is 5.42. The lowest BCUT2D eigenvalue weighted by Crippen LogP contribution is -2.29. The molecule has 1 unspecified atom stereocenters. The van der Waals surface area contributed by atoms with Gasteiger partial charge in [-0.2, -0.15) is 0 Å². The van der Waals surface area contributed by atoms with E-state index in [0.717, 1.165) is 13.0 Å². The van der Waals surface area contributed by atoms with E-state index in [-0.39, 0.29) is 6.04 Å². The van der Waals surface area contributed by atoms with Gasteiger partial charge in [-0.05, 0) is 71.1 Å². The van der Waals surface area contributed by atoms with E-state index in [9.17, 15) is 0 Å². The minimum Gasteiger partial charge on any atom is -0.357 e. The predicted molar refractivity (Wildman–Crippen MR) is 93.3 cm³/mol. The van der Waals surface area contributed by atoms with Gasteiger partial charge in [0.15, 0.2) is 0 Å². The normalized spacial score (nSPS) is 18.1. The van der Waals surface area contributed by atoms with E-state index in [1.165, 1.54) is 42.0 Å². The highest BCUT2D eigenvalue weighted by Crippen LogP contribution is 2.38. The molecule has 108 valence electrons. The van der Waals surface area contributed by atoms with Gasteiger partial charge in [0.2, 0.25) is 0 Å². The van der Waals surface area contributed by atoms with Crippen LogP contribution in [0.5, 0.6) is 0 Å². The average molecular weight is 361 g/mol. The van der Waals surface area contributed by atoms with Crippen LogP contribution in [0.4, 0.5) is 0 Å². The van der Waals surface area contributed by atoms with Crippen molar-refractivity contribution in [3.63, 3.8) is 0 Å². The summed E-state index contributed by atoms with van der Waals surface area (Å²) < 4.78 is 1.19. The van der Waals surface area contributed by atoms with Crippen LogP contribution in [0.1, 0.15) is 33.3 Å². The Labute approximate surface area is 136 Å². The van der Waals surface area contributed by atoms with Crippen LogP contribution in [-0.2, 0) is 6.42 Å². The molecule has 3 heterocycles. The van der Waals surface area contributed by atoms with E-state index in [1.807, 2.05) is 11.3 Å². The highest BCUT2D eigenvalue weighted by Gasteiger charge is 2.26. The fraction of sp³-hybridized carbons (Fsp3) is 0.294. The number of nitrogens with one attached hydrogen (secondary N) is 2. The molecule has 1 aliphatic heterocycles. The Hall–Kier alpha value is -1.10. The van der Waals surface area contributed by atoms with Gasteiger partial charge in [0.1, 0.15) is 0 Å². The molecule has 0 aliphatic carbocycles. The fourth-order valence-electron chi connectivity index (χ4n) is 3.50. The molecule has 0 bridgehead atoms. The van der Waals surface area contributed by atoms with Gasteiger partial charge in [-0.25, -0.2) is 0 Å². The first kappa shape index (κ1) is 13.6. The maximum absolute atomic E-state index is 3.68. The summed E-state index contributed by atoms with van der Waals surface area (Å²) >= 11 is 5.38. The molecule has 1 atom stereocenters. The average Bonchev–Trinajstić information content (AvgIpc) is 3.01. The SMILES string of the molecule is Cc1cc(C)c2c3c([nH]c2c1)C(c1ccc(Br)s1)NCC3.